The molecule has 0 aromatic carbocycles. The molecule has 0 amide bonds. The molecule has 13 heavy (non-hydrogen) atoms. The van der Waals surface area contributed by atoms with Crippen LogP contribution in [0.3, 0.4) is 0 Å². The molecule has 0 radical (unpaired) electrons. The fourth-order valence-electron chi connectivity index (χ4n) is 0.729. The number of halogens is 7. The van der Waals surface area contributed by atoms with Gasteiger partial charge in [0.05, 0.1) is 0 Å². The van der Waals surface area contributed by atoms with Crippen LogP contribution in [0, 0.1) is 0 Å². The molecule has 0 saturated heterocycles. The topological polar surface area (TPSA) is 0 Å². The second-order valence-corrected chi connectivity index (χ2v) is 2.83. The normalized spacial score (nSPS) is 35.8. The first-order valence-corrected chi connectivity index (χ1v) is 3.31. The summed E-state index contributed by atoms with van der Waals surface area (Å²) in [5.41, 5.74) is 0. The molecule has 0 fully saturated rings. The first-order valence-electron chi connectivity index (χ1n) is 2.93. The Morgan fingerprint density at radius 2 is 1.54 bits per heavy atom. The number of hydrogen-bond donors (Lipinski definition) is 0. The highest BCUT2D eigenvalue weighted by atomic mass is 35.5. The molecule has 0 bridgehead atoms. The summed E-state index contributed by atoms with van der Waals surface area (Å²) in [6.07, 6.45) is -3.38. The molecule has 0 unspecified atom stereocenters. The molecule has 0 aliphatic heterocycles. The lowest BCUT2D eigenvalue weighted by molar-refractivity contribution is 0.126. The van der Waals surface area contributed by atoms with E-state index >= 15 is 0 Å². The minimum atomic E-state index is -4.01. The van der Waals surface area contributed by atoms with Crippen LogP contribution in [0.1, 0.15) is 0 Å². The van der Waals surface area contributed by atoms with Gasteiger partial charge in [0, 0.05) is 0 Å². The Balaban J connectivity index is 3.32. The van der Waals surface area contributed by atoms with Gasteiger partial charge in [0.25, 0.3) is 5.13 Å². The van der Waals surface area contributed by atoms with E-state index in [9.17, 15) is 26.3 Å². The van der Waals surface area contributed by atoms with Gasteiger partial charge in [-0.2, -0.15) is 0 Å². The van der Waals surface area contributed by atoms with Gasteiger partial charge in [0.1, 0.15) is 0 Å². The van der Waals surface area contributed by atoms with E-state index in [1.54, 1.807) is 0 Å². The first kappa shape index (κ1) is 10.4. The van der Waals surface area contributed by atoms with Crippen molar-refractivity contribution in [2.45, 2.75) is 11.3 Å². The Hall–Kier alpha value is -0.650. The number of rotatable bonds is 0. The largest absolute Gasteiger partial charge is 0.275 e. The van der Waals surface area contributed by atoms with E-state index in [4.69, 9.17) is 0 Å². The van der Waals surface area contributed by atoms with Crippen LogP contribution in [0.15, 0.2) is 23.3 Å². The standard InChI is InChI=1S/C6HClF6/c7-6(13)4(11)2(9)1(8)3(10)5(6)12/h4H/t4-,6-/m0/s1. The molecule has 1 aliphatic carbocycles. The van der Waals surface area contributed by atoms with Crippen LogP contribution in [0.5, 0.6) is 0 Å². The molecule has 1 rings (SSSR count). The van der Waals surface area contributed by atoms with E-state index in [2.05, 4.69) is 11.6 Å². The first-order chi connectivity index (χ1) is 5.80. The van der Waals surface area contributed by atoms with E-state index < -0.39 is 34.6 Å². The van der Waals surface area contributed by atoms with Gasteiger partial charge in [-0.3, -0.25) is 0 Å². The third-order valence-corrected chi connectivity index (χ3v) is 1.79. The summed E-state index contributed by atoms with van der Waals surface area (Å²) in [4.78, 5) is 0. The molecule has 0 N–H and O–H groups in total. The predicted molar refractivity (Wildman–Crippen MR) is 33.1 cm³/mol. The van der Waals surface area contributed by atoms with Gasteiger partial charge in [-0.15, -0.1) is 0 Å². The maximum absolute atomic E-state index is 12.6. The molecule has 7 heteroatoms. The van der Waals surface area contributed by atoms with Crippen molar-refractivity contribution in [2.24, 2.45) is 0 Å². The fraction of sp³-hybridized carbons (Fsp3) is 0.333. The smallest absolute Gasteiger partial charge is 0.234 e. The van der Waals surface area contributed by atoms with Crippen molar-refractivity contribution in [3.8, 4) is 0 Å². The lowest BCUT2D eigenvalue weighted by Gasteiger charge is -2.23. The highest BCUT2D eigenvalue weighted by Crippen LogP contribution is 2.46. The van der Waals surface area contributed by atoms with Gasteiger partial charge in [0.2, 0.25) is 6.17 Å². The van der Waals surface area contributed by atoms with E-state index in [0.29, 0.717) is 0 Å². The summed E-state index contributed by atoms with van der Waals surface area (Å²) in [7, 11) is 0. The lowest BCUT2D eigenvalue weighted by atomic mass is 10.1. The van der Waals surface area contributed by atoms with Gasteiger partial charge >= 0.3 is 0 Å². The van der Waals surface area contributed by atoms with Crippen molar-refractivity contribution in [3.63, 3.8) is 0 Å². The number of hydrogen-bond acceptors (Lipinski definition) is 0. The van der Waals surface area contributed by atoms with Crippen LogP contribution in [0.25, 0.3) is 0 Å². The molecule has 2 atom stereocenters. The van der Waals surface area contributed by atoms with E-state index in [0.717, 1.165) is 0 Å². The molecule has 0 aromatic rings. The molecule has 74 valence electrons. The lowest BCUT2D eigenvalue weighted by Crippen LogP contribution is -2.34. The third-order valence-electron chi connectivity index (χ3n) is 1.43. The van der Waals surface area contributed by atoms with E-state index in [-0.39, 0.29) is 0 Å². The van der Waals surface area contributed by atoms with Gasteiger partial charge in [-0.25, -0.2) is 26.3 Å². The van der Waals surface area contributed by atoms with Crippen LogP contribution >= 0.6 is 11.6 Å². The average molecular weight is 223 g/mol. The maximum atomic E-state index is 12.6. The van der Waals surface area contributed by atoms with Gasteiger partial charge < -0.3 is 0 Å². The third kappa shape index (κ3) is 1.33. The minimum absolute atomic E-state index is 2.39. The second-order valence-electron chi connectivity index (χ2n) is 2.28. The van der Waals surface area contributed by atoms with Crippen molar-refractivity contribution in [3.05, 3.63) is 23.3 Å². The van der Waals surface area contributed by atoms with Crippen LogP contribution in [0.4, 0.5) is 26.3 Å². The number of allylic oxidation sites excluding steroid dienone is 4. The minimum Gasteiger partial charge on any atom is -0.234 e. The summed E-state index contributed by atoms with van der Waals surface area (Å²) in [6, 6.07) is 0. The molecule has 0 spiro atoms. The van der Waals surface area contributed by atoms with Crippen molar-refractivity contribution in [2.75, 3.05) is 0 Å². The Bertz CT molecular complexity index is 304. The Morgan fingerprint density at radius 1 is 1.08 bits per heavy atom. The molecular weight excluding hydrogens is 222 g/mol. The summed E-state index contributed by atoms with van der Waals surface area (Å²) < 4.78 is 74.0. The SMILES string of the molecule is FC1=C(F)[C@H](F)[C@@](F)(Cl)C(F)=C1F. The highest BCUT2D eigenvalue weighted by Gasteiger charge is 2.52. The maximum Gasteiger partial charge on any atom is 0.275 e. The number of alkyl halides is 3. The molecule has 1 aliphatic rings. The van der Waals surface area contributed by atoms with Gasteiger partial charge in [-0.05, 0) is 0 Å². The zero-order valence-electron chi connectivity index (χ0n) is 5.72. The van der Waals surface area contributed by atoms with Crippen LogP contribution < -0.4 is 0 Å². The van der Waals surface area contributed by atoms with Crippen molar-refractivity contribution in [1.82, 2.24) is 0 Å². The van der Waals surface area contributed by atoms with Gasteiger partial charge in [0.15, 0.2) is 23.3 Å². The quantitative estimate of drug-likeness (QED) is 0.434. The molecular formula is C6HClF6. The van der Waals surface area contributed by atoms with Gasteiger partial charge in [-0.1, -0.05) is 11.6 Å². The second kappa shape index (κ2) is 2.94. The molecule has 0 heterocycles. The molecule has 0 nitrogen and oxygen atoms in total. The molecule has 0 saturated carbocycles. The fourth-order valence-corrected chi connectivity index (χ4v) is 0.908. The van der Waals surface area contributed by atoms with Crippen LogP contribution in [-0.4, -0.2) is 11.3 Å². The van der Waals surface area contributed by atoms with Crippen molar-refractivity contribution >= 4 is 11.6 Å². The summed E-state index contributed by atoms with van der Waals surface area (Å²) in [6.45, 7) is 0. The summed E-state index contributed by atoms with van der Waals surface area (Å²) in [5, 5.41) is -4.01. The van der Waals surface area contributed by atoms with E-state index in [1.807, 2.05) is 0 Å². The Morgan fingerprint density at radius 3 is 2.00 bits per heavy atom. The summed E-state index contributed by atoms with van der Waals surface area (Å²) >= 11 is 4.47. The zero-order valence-corrected chi connectivity index (χ0v) is 6.48. The average Bonchev–Trinajstić information content (AvgIpc) is 2.09. The van der Waals surface area contributed by atoms with E-state index in [1.165, 1.54) is 0 Å². The molecule has 0 aromatic heterocycles. The van der Waals surface area contributed by atoms with Crippen LogP contribution in [0.2, 0.25) is 0 Å². The Labute approximate surface area is 73.5 Å². The van der Waals surface area contributed by atoms with Crippen molar-refractivity contribution in [1.29, 1.82) is 0 Å². The Kier molecular flexibility index (Phi) is 2.36. The zero-order chi connectivity index (χ0) is 10.4. The highest BCUT2D eigenvalue weighted by molar-refractivity contribution is 6.25. The monoisotopic (exact) mass is 222 g/mol. The van der Waals surface area contributed by atoms with Crippen LogP contribution in [-0.2, 0) is 0 Å². The van der Waals surface area contributed by atoms with Crippen molar-refractivity contribution < 1.29 is 26.3 Å². The predicted octanol–water partition coefficient (Wildman–Crippen LogP) is 3.54. The summed E-state index contributed by atoms with van der Waals surface area (Å²) in [5.74, 6) is -9.75.